The molecular formula is C10H7F2N3S. The minimum absolute atomic E-state index is 0.0494. The topological polar surface area (TPSA) is 51.8 Å². The fourth-order valence-corrected chi connectivity index (χ4v) is 1.83. The van der Waals surface area contributed by atoms with Crippen molar-refractivity contribution in [3.05, 3.63) is 42.2 Å². The van der Waals surface area contributed by atoms with Gasteiger partial charge < -0.3 is 5.73 Å². The molecule has 82 valence electrons. The van der Waals surface area contributed by atoms with E-state index in [1.54, 1.807) is 6.07 Å². The molecule has 0 saturated carbocycles. The normalized spacial score (nSPS) is 10.4. The Morgan fingerprint density at radius 3 is 2.19 bits per heavy atom. The first-order valence-corrected chi connectivity index (χ1v) is 5.18. The van der Waals surface area contributed by atoms with E-state index >= 15 is 0 Å². The second kappa shape index (κ2) is 4.44. The minimum atomic E-state index is -0.713. The van der Waals surface area contributed by atoms with E-state index in [-0.39, 0.29) is 15.7 Å². The average Bonchev–Trinajstić information content (AvgIpc) is 2.25. The van der Waals surface area contributed by atoms with Gasteiger partial charge in [-0.1, -0.05) is 0 Å². The molecule has 1 aromatic carbocycles. The average molecular weight is 239 g/mol. The summed E-state index contributed by atoms with van der Waals surface area (Å²) in [6.07, 6.45) is 3.00. The number of nitrogen functional groups attached to an aromatic ring is 1. The first-order valence-electron chi connectivity index (χ1n) is 4.36. The molecule has 0 amide bonds. The first-order chi connectivity index (χ1) is 7.66. The van der Waals surface area contributed by atoms with E-state index in [9.17, 15) is 8.78 Å². The fraction of sp³-hybridized carbons (Fsp3) is 0. The molecule has 6 heteroatoms. The number of benzene rings is 1. The van der Waals surface area contributed by atoms with Gasteiger partial charge in [0.15, 0.2) is 5.16 Å². The van der Waals surface area contributed by atoms with Crippen molar-refractivity contribution >= 4 is 17.4 Å². The van der Waals surface area contributed by atoms with Crippen LogP contribution in [-0.4, -0.2) is 9.97 Å². The standard InChI is InChI=1S/C10H7F2N3S/c11-7-4-6(13)5-8(12)9(7)16-10-14-2-1-3-15-10/h1-5H,13H2. The molecule has 0 bridgehead atoms. The first kappa shape index (κ1) is 10.8. The molecule has 0 aliphatic carbocycles. The molecule has 2 rings (SSSR count). The molecule has 2 aromatic rings. The monoisotopic (exact) mass is 239 g/mol. The van der Waals surface area contributed by atoms with Crippen LogP contribution in [0.2, 0.25) is 0 Å². The van der Waals surface area contributed by atoms with Crippen LogP contribution in [0.3, 0.4) is 0 Å². The number of rotatable bonds is 2. The number of halogens is 2. The summed E-state index contributed by atoms with van der Waals surface area (Å²) in [7, 11) is 0. The van der Waals surface area contributed by atoms with Crippen molar-refractivity contribution in [3.8, 4) is 0 Å². The van der Waals surface area contributed by atoms with E-state index in [1.165, 1.54) is 12.4 Å². The largest absolute Gasteiger partial charge is 0.399 e. The number of anilines is 1. The van der Waals surface area contributed by atoms with Gasteiger partial charge in [-0.25, -0.2) is 18.7 Å². The molecule has 0 radical (unpaired) electrons. The van der Waals surface area contributed by atoms with Gasteiger partial charge in [0.05, 0.1) is 4.90 Å². The number of nitrogens with zero attached hydrogens (tertiary/aromatic N) is 2. The Balaban J connectivity index is 2.35. The molecule has 0 spiro atoms. The SMILES string of the molecule is Nc1cc(F)c(Sc2ncccn2)c(F)c1. The molecule has 2 N–H and O–H groups in total. The highest BCUT2D eigenvalue weighted by Crippen LogP contribution is 2.30. The lowest BCUT2D eigenvalue weighted by Crippen LogP contribution is -1.94. The Morgan fingerprint density at radius 2 is 1.62 bits per heavy atom. The maximum Gasteiger partial charge on any atom is 0.192 e. The number of nitrogens with two attached hydrogens (primary N) is 1. The Hall–Kier alpha value is -1.69. The van der Waals surface area contributed by atoms with Crippen molar-refractivity contribution in [2.24, 2.45) is 0 Å². The van der Waals surface area contributed by atoms with Gasteiger partial charge in [0.2, 0.25) is 0 Å². The van der Waals surface area contributed by atoms with E-state index in [0.29, 0.717) is 0 Å². The third kappa shape index (κ3) is 2.27. The van der Waals surface area contributed by atoms with Crippen LogP contribution in [0.5, 0.6) is 0 Å². The summed E-state index contributed by atoms with van der Waals surface area (Å²) in [6, 6.07) is 3.75. The highest BCUT2D eigenvalue weighted by Gasteiger charge is 2.12. The van der Waals surface area contributed by atoms with Crippen LogP contribution in [0.1, 0.15) is 0 Å². The number of hydrogen-bond acceptors (Lipinski definition) is 4. The van der Waals surface area contributed by atoms with Crippen LogP contribution in [0, 0.1) is 11.6 Å². The summed E-state index contributed by atoms with van der Waals surface area (Å²) < 4.78 is 26.8. The van der Waals surface area contributed by atoms with E-state index in [4.69, 9.17) is 5.73 Å². The Bertz CT molecular complexity index is 482. The van der Waals surface area contributed by atoms with Gasteiger partial charge in [-0.15, -0.1) is 0 Å². The second-order valence-electron chi connectivity index (χ2n) is 2.95. The van der Waals surface area contributed by atoms with Crippen LogP contribution in [0.15, 0.2) is 40.6 Å². The van der Waals surface area contributed by atoms with E-state index in [1.807, 2.05) is 0 Å². The van der Waals surface area contributed by atoms with Crippen LogP contribution in [-0.2, 0) is 0 Å². The summed E-state index contributed by atoms with van der Waals surface area (Å²) in [5.41, 5.74) is 5.35. The number of aromatic nitrogens is 2. The van der Waals surface area contributed by atoms with Gasteiger partial charge in [-0.2, -0.15) is 0 Å². The summed E-state index contributed by atoms with van der Waals surface area (Å²) in [6.45, 7) is 0. The predicted octanol–water partition coefficient (Wildman–Crippen LogP) is 2.49. The van der Waals surface area contributed by atoms with Crippen LogP contribution >= 0.6 is 11.8 Å². The van der Waals surface area contributed by atoms with Crippen molar-refractivity contribution in [3.63, 3.8) is 0 Å². The zero-order valence-electron chi connectivity index (χ0n) is 8.02. The third-order valence-corrected chi connectivity index (χ3v) is 2.74. The molecule has 16 heavy (non-hydrogen) atoms. The zero-order chi connectivity index (χ0) is 11.5. The van der Waals surface area contributed by atoms with E-state index < -0.39 is 11.6 Å². The second-order valence-corrected chi connectivity index (χ2v) is 3.92. The highest BCUT2D eigenvalue weighted by molar-refractivity contribution is 7.99. The summed E-state index contributed by atoms with van der Waals surface area (Å²) in [5.74, 6) is -1.43. The van der Waals surface area contributed by atoms with Crippen molar-refractivity contribution in [2.45, 2.75) is 10.1 Å². The van der Waals surface area contributed by atoms with Gasteiger partial charge in [-0.05, 0) is 30.0 Å². The van der Waals surface area contributed by atoms with Gasteiger partial charge in [0.25, 0.3) is 0 Å². The quantitative estimate of drug-likeness (QED) is 0.646. The molecule has 0 saturated heterocycles. The van der Waals surface area contributed by atoms with Gasteiger partial charge in [-0.3, -0.25) is 0 Å². The summed E-state index contributed by atoms with van der Waals surface area (Å²) >= 11 is 0.822. The van der Waals surface area contributed by atoms with Crippen LogP contribution in [0.4, 0.5) is 14.5 Å². The van der Waals surface area contributed by atoms with Crippen LogP contribution < -0.4 is 5.73 Å². The summed E-state index contributed by atoms with van der Waals surface area (Å²) in [4.78, 5) is 7.58. The van der Waals surface area contributed by atoms with Crippen molar-refractivity contribution in [1.29, 1.82) is 0 Å². The fourth-order valence-electron chi connectivity index (χ4n) is 1.11. The summed E-state index contributed by atoms with van der Waals surface area (Å²) in [5, 5.41) is 0.282. The smallest absolute Gasteiger partial charge is 0.192 e. The highest BCUT2D eigenvalue weighted by atomic mass is 32.2. The van der Waals surface area contributed by atoms with Crippen LogP contribution in [0.25, 0.3) is 0 Å². The lowest BCUT2D eigenvalue weighted by atomic mass is 10.3. The molecule has 1 heterocycles. The lowest BCUT2D eigenvalue weighted by Gasteiger charge is -2.04. The van der Waals surface area contributed by atoms with Crippen molar-refractivity contribution < 1.29 is 8.78 Å². The van der Waals surface area contributed by atoms with E-state index in [2.05, 4.69) is 9.97 Å². The lowest BCUT2D eigenvalue weighted by molar-refractivity contribution is 0.541. The maximum atomic E-state index is 13.4. The molecule has 3 nitrogen and oxygen atoms in total. The maximum absolute atomic E-state index is 13.4. The van der Waals surface area contributed by atoms with Crippen molar-refractivity contribution in [2.75, 3.05) is 5.73 Å². The molecule has 0 aliphatic rings. The Morgan fingerprint density at radius 1 is 1.06 bits per heavy atom. The molecule has 0 unspecified atom stereocenters. The van der Waals surface area contributed by atoms with E-state index in [0.717, 1.165) is 23.9 Å². The zero-order valence-corrected chi connectivity index (χ0v) is 8.84. The number of hydrogen-bond donors (Lipinski definition) is 1. The molecular weight excluding hydrogens is 232 g/mol. The molecule has 0 aliphatic heterocycles. The van der Waals surface area contributed by atoms with Gasteiger partial charge >= 0.3 is 0 Å². The Kier molecular flexibility index (Phi) is 3.00. The minimum Gasteiger partial charge on any atom is -0.399 e. The van der Waals surface area contributed by atoms with Gasteiger partial charge in [0.1, 0.15) is 11.6 Å². The molecule has 0 fully saturated rings. The molecule has 1 aromatic heterocycles. The van der Waals surface area contributed by atoms with Crippen molar-refractivity contribution in [1.82, 2.24) is 9.97 Å². The third-order valence-electron chi connectivity index (χ3n) is 1.76. The molecule has 0 atom stereocenters. The predicted molar refractivity (Wildman–Crippen MR) is 56.9 cm³/mol. The van der Waals surface area contributed by atoms with Gasteiger partial charge in [0, 0.05) is 18.1 Å². The Labute approximate surface area is 94.7 Å².